The Morgan fingerprint density at radius 1 is 0.486 bits per heavy atom. The minimum absolute atomic E-state index is 0.0433. The number of hydrogen-bond acceptors (Lipinski definition) is 26. The van der Waals surface area contributed by atoms with Gasteiger partial charge in [0.1, 0.15) is 45.0 Å². The Morgan fingerprint density at radius 3 is 1.20 bits per heavy atom. The molecule has 0 aromatic carbocycles. The van der Waals surface area contributed by atoms with Crippen molar-refractivity contribution in [1.29, 1.82) is 5.26 Å². The summed E-state index contributed by atoms with van der Waals surface area (Å²) in [5.41, 5.74) is 2.16. The van der Waals surface area contributed by atoms with E-state index >= 15 is 0 Å². The standard InChI is InChI=1S/C16H20ClN9.C16H18F3N9.C16H18F3N7.C15H17F5N6O/c1-3-18-15-13(17)8-19-16(24-15)23-14-9-22-25(10(14)2)11-6-12(7-11)26-20-4-5-21-26;1-9-13(25-15-21-7-12(16(17,18)19)14(20-2)26-15)8-24-27(9)10-5-11(6-10)28-22-3-4-23-28;1-3-21-13-11(16(17,18)19)8-22-14(25-13)24-12-9-23-26(10(12)2)15(4-5-15)6-7-20;1-8-10(6-23-26(8)14(3-4-14)7-27-12(16)17)24-13-22-5-9(15(18,19)20)11(21-2)25-13/h4-5,8-9,11-12H,3,6-7H2,1-2H3,(H2,18,19,23,24);3-4,7-8,10-11H,5-6H2,1-2H3,(H2,20,21,25,26);8-9H,3-6H2,1-2H3,(H2,21,22,24,25);5-6,12H,3-4,7H2,1-2H3,(H2,21,22,24,25). The second kappa shape index (κ2) is 31.9. The zero-order valence-corrected chi connectivity index (χ0v) is 59.3. The minimum Gasteiger partial charge on any atom is -0.372 e. The summed E-state index contributed by atoms with van der Waals surface area (Å²) >= 11 is 6.09. The predicted molar refractivity (Wildman–Crippen MR) is 368 cm³/mol. The van der Waals surface area contributed by atoms with Gasteiger partial charge >= 0.3 is 25.1 Å². The van der Waals surface area contributed by atoms with E-state index in [1.54, 1.807) is 82.4 Å². The first kappa shape index (κ1) is 76.9. The molecule has 0 spiro atoms. The number of nitrogens with one attached hydrogen (secondary N) is 8. The number of rotatable bonds is 24. The molecule has 0 radical (unpaired) electrons. The molecular weight excluding hydrogens is 1450 g/mol. The molecule has 4 fully saturated rings. The van der Waals surface area contributed by atoms with Gasteiger partial charge in [-0.3, -0.25) is 18.7 Å². The third kappa shape index (κ3) is 17.7. The van der Waals surface area contributed by atoms with E-state index in [9.17, 15) is 48.3 Å². The van der Waals surface area contributed by atoms with Crippen LogP contribution in [0.25, 0.3) is 0 Å². The van der Waals surface area contributed by atoms with Gasteiger partial charge in [0.15, 0.2) is 0 Å². The highest BCUT2D eigenvalue weighted by atomic mass is 35.5. The molecule has 107 heavy (non-hydrogen) atoms. The van der Waals surface area contributed by atoms with E-state index in [2.05, 4.69) is 134 Å². The van der Waals surface area contributed by atoms with Crippen LogP contribution >= 0.6 is 11.6 Å². The van der Waals surface area contributed by atoms with Gasteiger partial charge in [0.25, 0.3) is 0 Å². The summed E-state index contributed by atoms with van der Waals surface area (Å²) in [5, 5.41) is 66.1. The molecular formula is C63H73ClF11N31O. The maximum atomic E-state index is 13.0. The molecule has 10 heterocycles. The van der Waals surface area contributed by atoms with Crippen LogP contribution in [0.1, 0.15) is 135 Å². The normalized spacial score (nSPS) is 17.5. The first-order valence-corrected chi connectivity index (χ1v) is 33.8. The van der Waals surface area contributed by atoms with Gasteiger partial charge in [-0.25, -0.2) is 19.9 Å². The summed E-state index contributed by atoms with van der Waals surface area (Å²) in [6.45, 7) is 9.15. The van der Waals surface area contributed by atoms with E-state index in [0.717, 1.165) is 80.2 Å². The molecule has 32 nitrogen and oxygen atoms in total. The van der Waals surface area contributed by atoms with Crippen molar-refractivity contribution in [2.45, 2.75) is 160 Å². The Hall–Kier alpha value is -11.2. The largest absolute Gasteiger partial charge is 0.421 e. The lowest BCUT2D eigenvalue weighted by Gasteiger charge is -2.35. The van der Waals surface area contributed by atoms with E-state index in [1.807, 2.05) is 37.1 Å². The summed E-state index contributed by atoms with van der Waals surface area (Å²) in [5.74, 6) is 0.228. The van der Waals surface area contributed by atoms with Crippen molar-refractivity contribution in [3.8, 4) is 6.07 Å². The number of aromatic nitrogens is 22. The molecule has 0 unspecified atom stereocenters. The Balaban J connectivity index is 0.000000142. The van der Waals surface area contributed by atoms with Crippen LogP contribution in [-0.2, 0) is 34.3 Å². The van der Waals surface area contributed by atoms with E-state index in [4.69, 9.17) is 16.9 Å². The molecule has 4 aliphatic rings. The molecule has 570 valence electrons. The molecule has 8 N–H and O–H groups in total. The number of anilines is 12. The average Bonchev–Trinajstić information content (AvgIpc) is 1.62. The van der Waals surface area contributed by atoms with Gasteiger partial charge in [-0.05, 0) is 92.9 Å². The van der Waals surface area contributed by atoms with Crippen molar-refractivity contribution >= 4 is 81.4 Å². The van der Waals surface area contributed by atoms with Gasteiger partial charge in [0.05, 0.1) is 156 Å². The third-order valence-corrected chi connectivity index (χ3v) is 18.4. The fourth-order valence-electron chi connectivity index (χ4n) is 11.9. The Morgan fingerprint density at radius 2 is 0.832 bits per heavy atom. The van der Waals surface area contributed by atoms with Crippen LogP contribution in [0.4, 0.5) is 118 Å². The van der Waals surface area contributed by atoms with Crippen LogP contribution in [0, 0.1) is 39.0 Å². The Labute approximate surface area is 607 Å². The first-order chi connectivity index (χ1) is 51.0. The minimum atomic E-state index is -4.58. The summed E-state index contributed by atoms with van der Waals surface area (Å²) in [7, 11) is 2.70. The van der Waals surface area contributed by atoms with Gasteiger partial charge in [-0.2, -0.15) is 124 Å². The van der Waals surface area contributed by atoms with Crippen molar-refractivity contribution in [3.05, 3.63) is 119 Å². The van der Waals surface area contributed by atoms with Crippen molar-refractivity contribution in [2.75, 3.05) is 76.3 Å². The third-order valence-electron chi connectivity index (χ3n) is 18.1. The van der Waals surface area contributed by atoms with Gasteiger partial charge in [0, 0.05) is 45.8 Å². The van der Waals surface area contributed by atoms with Crippen molar-refractivity contribution < 1.29 is 53.0 Å². The van der Waals surface area contributed by atoms with Crippen LogP contribution in [0.15, 0.2) is 74.4 Å². The molecule has 10 aromatic heterocycles. The topological polar surface area (TPSA) is 365 Å². The van der Waals surface area contributed by atoms with Gasteiger partial charge in [0.2, 0.25) is 23.8 Å². The Bertz CT molecular complexity index is 4680. The van der Waals surface area contributed by atoms with Gasteiger partial charge in [-0.1, -0.05) is 11.6 Å². The second-order valence-corrected chi connectivity index (χ2v) is 25.6. The number of halogens is 12. The lowest BCUT2D eigenvalue weighted by molar-refractivity contribution is -0.140. The zero-order valence-electron chi connectivity index (χ0n) is 58.5. The van der Waals surface area contributed by atoms with E-state index < -0.39 is 47.4 Å². The monoisotopic (exact) mass is 1520 g/mol. The predicted octanol–water partition coefficient (Wildman–Crippen LogP) is 13.0. The maximum Gasteiger partial charge on any atom is 0.421 e. The SMILES string of the molecule is CCNc1nc(Nc2cnn(C3(CC#N)CC3)c2C)ncc1C(F)(F)F.CCNc1nc(Nc2cnn(C3CC(n4nccn4)C3)c2C)ncc1Cl.CNc1nc(Nc2cnn(C3(COC(F)F)CC3)c2C)ncc1C(F)(F)F.CNc1nc(Nc2cnn(C3CC(n4nccn4)C3)c2C)ncc1C(F)(F)F. The highest BCUT2D eigenvalue weighted by Gasteiger charge is 2.49. The quantitative estimate of drug-likeness (QED) is 0.0260. The molecule has 14 rings (SSSR count). The zero-order chi connectivity index (χ0) is 76.8. The van der Waals surface area contributed by atoms with E-state index in [-0.39, 0.29) is 59.5 Å². The lowest BCUT2D eigenvalue weighted by atomic mass is 9.87. The van der Waals surface area contributed by atoms with E-state index in [1.165, 1.54) is 20.3 Å². The smallest absolute Gasteiger partial charge is 0.372 e. The Kier molecular flexibility index (Phi) is 22.9. The number of nitriles is 1. The highest BCUT2D eigenvalue weighted by Crippen LogP contribution is 2.49. The first-order valence-electron chi connectivity index (χ1n) is 33.4. The molecule has 10 aromatic rings. The van der Waals surface area contributed by atoms with Crippen molar-refractivity contribution in [1.82, 2.24) is 109 Å². The molecule has 0 amide bonds. The van der Waals surface area contributed by atoms with Gasteiger partial charge in [-0.15, -0.1) is 0 Å². The van der Waals surface area contributed by atoms with Crippen LogP contribution in [0.5, 0.6) is 0 Å². The number of ether oxygens (including phenoxy) is 1. The van der Waals surface area contributed by atoms with Crippen LogP contribution in [0.2, 0.25) is 5.02 Å². The fourth-order valence-corrected chi connectivity index (χ4v) is 12.1. The molecule has 44 heteroatoms. The summed E-state index contributed by atoms with van der Waals surface area (Å²) in [4.78, 5) is 35.1. The van der Waals surface area contributed by atoms with Crippen molar-refractivity contribution in [3.63, 3.8) is 0 Å². The second-order valence-electron chi connectivity index (χ2n) is 25.2. The fraction of sp³-hybridized carbons (Fsp3) is 0.476. The molecule has 0 bridgehead atoms. The highest BCUT2D eigenvalue weighted by molar-refractivity contribution is 6.32. The summed E-state index contributed by atoms with van der Waals surface area (Å²) in [6.07, 6.45) is 10.4. The number of alkyl halides is 11. The average molecular weight is 1520 g/mol. The molecule has 0 aliphatic heterocycles. The van der Waals surface area contributed by atoms with Crippen LogP contribution in [-0.4, -0.2) is 149 Å². The number of hydrogen-bond donors (Lipinski definition) is 8. The summed E-state index contributed by atoms with van der Waals surface area (Å²) in [6, 6.07) is 3.34. The molecule has 4 aliphatic carbocycles. The summed E-state index contributed by atoms with van der Waals surface area (Å²) < 4.78 is 153. The maximum absolute atomic E-state index is 13.0. The van der Waals surface area contributed by atoms with Gasteiger partial charge < -0.3 is 47.3 Å². The molecule has 0 saturated heterocycles. The van der Waals surface area contributed by atoms with Crippen LogP contribution < -0.4 is 42.5 Å². The molecule has 0 atom stereocenters. The van der Waals surface area contributed by atoms with Crippen LogP contribution in [0.3, 0.4) is 0 Å². The number of nitrogens with zero attached hydrogens (tertiary/aromatic N) is 23. The van der Waals surface area contributed by atoms with E-state index in [0.29, 0.717) is 83.6 Å². The lowest BCUT2D eigenvalue weighted by Crippen LogP contribution is -2.31. The molecule has 4 saturated carbocycles. The van der Waals surface area contributed by atoms with Crippen molar-refractivity contribution in [2.24, 2.45) is 0 Å².